The van der Waals surface area contributed by atoms with Crippen LogP contribution < -0.4 is 10.6 Å². The minimum atomic E-state index is 0.159. The molecule has 0 spiro atoms. The molecule has 2 rings (SSSR count). The minimum Gasteiger partial charge on any atom is -0.356 e. The number of hydrogen-bond donors (Lipinski definition) is 2. The summed E-state index contributed by atoms with van der Waals surface area (Å²) in [7, 11) is 0. The second-order valence-electron chi connectivity index (χ2n) is 5.17. The summed E-state index contributed by atoms with van der Waals surface area (Å²) in [6.45, 7) is 3.87. The third kappa shape index (κ3) is 4.62. The van der Waals surface area contributed by atoms with Gasteiger partial charge in [-0.2, -0.15) is 0 Å². The highest BCUT2D eigenvalue weighted by atomic mass is 79.9. The first-order valence-corrected chi connectivity index (χ1v) is 7.69. The summed E-state index contributed by atoms with van der Waals surface area (Å²) in [5.74, 6) is 0.159. The maximum absolute atomic E-state index is 11.8. The van der Waals surface area contributed by atoms with Gasteiger partial charge in [0, 0.05) is 23.5 Å². The number of rotatable bonds is 5. The molecule has 1 aromatic rings. The van der Waals surface area contributed by atoms with Crippen molar-refractivity contribution < 1.29 is 4.79 Å². The van der Waals surface area contributed by atoms with Crippen molar-refractivity contribution >= 4 is 21.8 Å². The third-order valence-electron chi connectivity index (χ3n) is 3.62. The normalized spacial score (nSPS) is 18.5. The van der Waals surface area contributed by atoms with Crippen molar-refractivity contribution in [3.05, 3.63) is 33.8 Å². The highest BCUT2D eigenvalue weighted by Crippen LogP contribution is 2.16. The summed E-state index contributed by atoms with van der Waals surface area (Å²) >= 11 is 3.48. The van der Waals surface area contributed by atoms with Crippen LogP contribution in [0.3, 0.4) is 0 Å². The Morgan fingerprint density at radius 1 is 1.53 bits per heavy atom. The Kier molecular flexibility index (Phi) is 5.40. The van der Waals surface area contributed by atoms with Gasteiger partial charge in [0.05, 0.1) is 0 Å². The Morgan fingerprint density at radius 3 is 3.11 bits per heavy atom. The van der Waals surface area contributed by atoms with Gasteiger partial charge in [-0.1, -0.05) is 22.0 Å². The van der Waals surface area contributed by atoms with Crippen molar-refractivity contribution in [2.24, 2.45) is 0 Å². The molecule has 0 radical (unpaired) electrons. The number of hydrogen-bond acceptors (Lipinski definition) is 2. The quantitative estimate of drug-likeness (QED) is 0.874. The zero-order chi connectivity index (χ0) is 13.7. The van der Waals surface area contributed by atoms with Gasteiger partial charge in [-0.3, -0.25) is 4.79 Å². The van der Waals surface area contributed by atoms with Crippen LogP contribution in [0.4, 0.5) is 0 Å². The van der Waals surface area contributed by atoms with Crippen molar-refractivity contribution in [2.75, 3.05) is 13.1 Å². The molecule has 1 amide bonds. The van der Waals surface area contributed by atoms with Crippen molar-refractivity contribution in [1.82, 2.24) is 10.6 Å². The van der Waals surface area contributed by atoms with E-state index in [0.717, 1.165) is 23.9 Å². The summed E-state index contributed by atoms with van der Waals surface area (Å²) in [5.41, 5.74) is 2.56. The van der Waals surface area contributed by atoms with Gasteiger partial charge in [0.1, 0.15) is 0 Å². The summed E-state index contributed by atoms with van der Waals surface area (Å²) in [4.78, 5) is 11.8. The predicted octanol–water partition coefficient (Wildman–Crippen LogP) is 2.56. The Hall–Kier alpha value is -0.870. The zero-order valence-corrected chi connectivity index (χ0v) is 12.9. The summed E-state index contributed by atoms with van der Waals surface area (Å²) in [5, 5.41) is 6.36. The molecule has 1 aliphatic rings. The van der Waals surface area contributed by atoms with Crippen LogP contribution >= 0.6 is 15.9 Å². The van der Waals surface area contributed by atoms with Crippen LogP contribution in [0.5, 0.6) is 0 Å². The van der Waals surface area contributed by atoms with E-state index < -0.39 is 0 Å². The van der Waals surface area contributed by atoms with E-state index in [0.29, 0.717) is 19.0 Å². The van der Waals surface area contributed by atoms with Crippen molar-refractivity contribution in [2.45, 2.75) is 38.6 Å². The van der Waals surface area contributed by atoms with E-state index in [2.05, 4.69) is 45.6 Å². The van der Waals surface area contributed by atoms with Crippen LogP contribution in [-0.2, 0) is 11.2 Å². The Morgan fingerprint density at radius 2 is 2.37 bits per heavy atom. The molecule has 0 saturated carbocycles. The first-order valence-electron chi connectivity index (χ1n) is 6.90. The average molecular weight is 325 g/mol. The number of benzene rings is 1. The molecule has 0 bridgehead atoms. The van der Waals surface area contributed by atoms with Gasteiger partial charge < -0.3 is 10.6 Å². The molecule has 1 unspecified atom stereocenters. The molecule has 1 fully saturated rings. The molecule has 3 nitrogen and oxygen atoms in total. The second-order valence-corrected chi connectivity index (χ2v) is 6.08. The lowest BCUT2D eigenvalue weighted by Gasteiger charge is -2.11. The first-order chi connectivity index (χ1) is 9.15. The molecule has 1 aromatic carbocycles. The number of carbonyl (C=O) groups is 1. The highest BCUT2D eigenvalue weighted by Gasteiger charge is 2.17. The Bertz CT molecular complexity index is 442. The topological polar surface area (TPSA) is 41.1 Å². The fourth-order valence-corrected chi connectivity index (χ4v) is 2.88. The van der Waals surface area contributed by atoms with Crippen molar-refractivity contribution in [3.63, 3.8) is 0 Å². The van der Waals surface area contributed by atoms with E-state index in [-0.39, 0.29) is 5.91 Å². The molecule has 104 valence electrons. The summed E-state index contributed by atoms with van der Waals surface area (Å²) in [6, 6.07) is 6.65. The predicted molar refractivity (Wildman–Crippen MR) is 81.2 cm³/mol. The lowest BCUT2D eigenvalue weighted by Crippen LogP contribution is -2.32. The van der Waals surface area contributed by atoms with Crippen LogP contribution in [0, 0.1) is 6.92 Å². The van der Waals surface area contributed by atoms with E-state index in [1.54, 1.807) is 0 Å². The van der Waals surface area contributed by atoms with Crippen LogP contribution in [0.25, 0.3) is 0 Å². The largest absolute Gasteiger partial charge is 0.356 e. The van der Waals surface area contributed by atoms with Gasteiger partial charge in [0.25, 0.3) is 0 Å². The monoisotopic (exact) mass is 324 g/mol. The van der Waals surface area contributed by atoms with Crippen LogP contribution in [0.1, 0.15) is 30.4 Å². The van der Waals surface area contributed by atoms with E-state index in [1.807, 2.05) is 6.07 Å². The number of nitrogens with one attached hydrogen (secondary N) is 2. The SMILES string of the molecule is Cc1ccc(Br)cc1CCNC(=O)CC1CCCN1. The fourth-order valence-electron chi connectivity index (χ4n) is 2.47. The lowest BCUT2D eigenvalue weighted by atomic mass is 10.1. The maximum atomic E-state index is 11.8. The van der Waals surface area contributed by atoms with Crippen molar-refractivity contribution in [3.8, 4) is 0 Å². The van der Waals surface area contributed by atoms with Crippen LogP contribution in [0.2, 0.25) is 0 Å². The average Bonchev–Trinajstić information content (AvgIpc) is 2.86. The van der Waals surface area contributed by atoms with E-state index >= 15 is 0 Å². The summed E-state index contributed by atoms with van der Waals surface area (Å²) in [6.07, 6.45) is 3.81. The first kappa shape index (κ1) is 14.5. The van der Waals surface area contributed by atoms with Crippen LogP contribution in [-0.4, -0.2) is 25.0 Å². The number of aryl methyl sites for hydroxylation is 1. The van der Waals surface area contributed by atoms with Crippen LogP contribution in [0.15, 0.2) is 22.7 Å². The van der Waals surface area contributed by atoms with Crippen molar-refractivity contribution in [1.29, 1.82) is 0 Å². The van der Waals surface area contributed by atoms with Gasteiger partial charge in [-0.15, -0.1) is 0 Å². The fraction of sp³-hybridized carbons (Fsp3) is 0.533. The molecular weight excluding hydrogens is 304 g/mol. The number of halogens is 1. The molecule has 1 saturated heterocycles. The Labute approximate surface area is 123 Å². The van der Waals surface area contributed by atoms with Gasteiger partial charge in [0.2, 0.25) is 5.91 Å². The molecule has 1 heterocycles. The molecule has 0 aromatic heterocycles. The third-order valence-corrected chi connectivity index (χ3v) is 4.12. The molecule has 0 aliphatic carbocycles. The van der Waals surface area contributed by atoms with E-state index in [1.165, 1.54) is 17.5 Å². The molecule has 4 heteroatoms. The number of amides is 1. The van der Waals surface area contributed by atoms with Gasteiger partial charge in [-0.25, -0.2) is 0 Å². The lowest BCUT2D eigenvalue weighted by molar-refractivity contribution is -0.121. The summed E-state index contributed by atoms with van der Waals surface area (Å²) < 4.78 is 1.09. The zero-order valence-electron chi connectivity index (χ0n) is 11.3. The van der Waals surface area contributed by atoms with Gasteiger partial charge in [0.15, 0.2) is 0 Å². The minimum absolute atomic E-state index is 0.159. The maximum Gasteiger partial charge on any atom is 0.221 e. The van der Waals surface area contributed by atoms with Gasteiger partial charge >= 0.3 is 0 Å². The molecule has 1 atom stereocenters. The molecule has 1 aliphatic heterocycles. The standard InChI is InChI=1S/C15H21BrN2O/c1-11-4-5-13(16)9-12(11)6-8-18-15(19)10-14-3-2-7-17-14/h4-5,9,14,17H,2-3,6-8,10H2,1H3,(H,18,19). The second kappa shape index (κ2) is 7.06. The van der Waals surface area contributed by atoms with E-state index in [9.17, 15) is 4.79 Å². The molecular formula is C15H21BrN2O. The molecule has 2 N–H and O–H groups in total. The smallest absolute Gasteiger partial charge is 0.221 e. The van der Waals surface area contributed by atoms with E-state index in [4.69, 9.17) is 0 Å². The molecule has 19 heavy (non-hydrogen) atoms. The number of carbonyl (C=O) groups excluding carboxylic acids is 1. The highest BCUT2D eigenvalue weighted by molar-refractivity contribution is 9.10. The van der Waals surface area contributed by atoms with Gasteiger partial charge in [-0.05, 0) is 56.0 Å². The Balaban J connectivity index is 1.73.